The Kier molecular flexibility index (Phi) is 4.79. The zero-order valence-electron chi connectivity index (χ0n) is 12.5. The van der Waals surface area contributed by atoms with E-state index in [0.717, 1.165) is 17.9 Å². The van der Waals surface area contributed by atoms with Crippen LogP contribution in [0.1, 0.15) is 11.1 Å². The summed E-state index contributed by atoms with van der Waals surface area (Å²) in [5.74, 6) is 1.13. The Bertz CT molecular complexity index is 727. The van der Waals surface area contributed by atoms with Gasteiger partial charge in [-0.05, 0) is 29.3 Å². The smallest absolute Gasteiger partial charge is 0.141 e. The molecule has 3 aromatic rings. The Morgan fingerprint density at radius 2 is 1.35 bits per heavy atom. The van der Waals surface area contributed by atoms with Crippen molar-refractivity contribution < 1.29 is 4.39 Å². The Hall–Kier alpha value is -2.95. The van der Waals surface area contributed by atoms with Gasteiger partial charge < -0.3 is 10.6 Å². The number of halogens is 1. The van der Waals surface area contributed by atoms with Crippen molar-refractivity contribution in [2.24, 2.45) is 0 Å². The van der Waals surface area contributed by atoms with Gasteiger partial charge in [-0.2, -0.15) is 0 Å². The third-order valence-electron chi connectivity index (χ3n) is 3.34. The Morgan fingerprint density at radius 3 is 1.96 bits per heavy atom. The van der Waals surface area contributed by atoms with Gasteiger partial charge >= 0.3 is 0 Å². The van der Waals surface area contributed by atoms with E-state index < -0.39 is 0 Å². The lowest BCUT2D eigenvalue weighted by Gasteiger charge is -2.08. The van der Waals surface area contributed by atoms with Crippen LogP contribution in [0.5, 0.6) is 0 Å². The summed E-state index contributed by atoms with van der Waals surface area (Å²) in [7, 11) is 0. The molecule has 1 aromatic carbocycles. The summed E-state index contributed by atoms with van der Waals surface area (Å²) < 4.78 is 12.8. The third kappa shape index (κ3) is 4.51. The molecule has 3 rings (SSSR count). The number of anilines is 2. The van der Waals surface area contributed by atoms with Crippen LogP contribution in [0.4, 0.5) is 16.0 Å². The first kappa shape index (κ1) is 15.0. The van der Waals surface area contributed by atoms with Crippen LogP contribution < -0.4 is 10.6 Å². The molecule has 0 aliphatic carbocycles. The highest BCUT2D eigenvalue weighted by atomic mass is 19.1. The quantitative estimate of drug-likeness (QED) is 0.726. The van der Waals surface area contributed by atoms with Gasteiger partial charge in [0.1, 0.15) is 17.5 Å². The van der Waals surface area contributed by atoms with Gasteiger partial charge in [0, 0.05) is 19.3 Å². The van der Waals surface area contributed by atoms with Crippen LogP contribution in [0.25, 0.3) is 0 Å². The van der Waals surface area contributed by atoms with Gasteiger partial charge in [-0.15, -0.1) is 0 Å². The van der Waals surface area contributed by atoms with Crippen LogP contribution >= 0.6 is 0 Å². The van der Waals surface area contributed by atoms with Gasteiger partial charge in [-0.3, -0.25) is 0 Å². The predicted molar refractivity (Wildman–Crippen MR) is 89.5 cm³/mol. The number of hydrogen-bond acceptors (Lipinski definition) is 4. The Balaban J connectivity index is 1.51. The maximum Gasteiger partial charge on any atom is 0.141 e. The summed E-state index contributed by atoms with van der Waals surface area (Å²) in [5.41, 5.74) is 2.24. The number of rotatable bonds is 6. The Labute approximate surface area is 134 Å². The van der Waals surface area contributed by atoms with Crippen LogP contribution in [0.3, 0.4) is 0 Å². The molecule has 116 valence electrons. The molecule has 23 heavy (non-hydrogen) atoms. The molecule has 4 nitrogen and oxygen atoms in total. The summed E-state index contributed by atoms with van der Waals surface area (Å²) in [6.45, 7) is 1.33. The molecule has 0 atom stereocenters. The standard InChI is InChI=1S/C18H17FN4/c19-16-7-9-18(23-13-16)22-12-15-6-8-17(21-11-15)20-10-14-4-2-1-3-5-14/h1-9,11,13H,10,12H2,(H,20,21)(H,22,23). The molecular formula is C18H17FN4. The van der Waals surface area contributed by atoms with E-state index in [2.05, 4.69) is 32.7 Å². The zero-order valence-corrected chi connectivity index (χ0v) is 12.5. The number of hydrogen-bond donors (Lipinski definition) is 2. The highest BCUT2D eigenvalue weighted by Gasteiger charge is 1.99. The fourth-order valence-corrected chi connectivity index (χ4v) is 2.10. The van der Waals surface area contributed by atoms with E-state index in [1.807, 2.05) is 36.5 Å². The number of aromatic nitrogens is 2. The molecule has 0 fully saturated rings. The minimum atomic E-state index is -0.342. The molecule has 0 spiro atoms. The SMILES string of the molecule is Fc1ccc(NCc2ccc(NCc3ccccc3)nc2)nc1. The van der Waals surface area contributed by atoms with Crippen molar-refractivity contribution in [3.63, 3.8) is 0 Å². The van der Waals surface area contributed by atoms with Crippen LogP contribution in [0.2, 0.25) is 0 Å². The summed E-state index contributed by atoms with van der Waals surface area (Å²) in [5, 5.41) is 6.41. The van der Waals surface area contributed by atoms with Crippen LogP contribution in [-0.2, 0) is 13.1 Å². The van der Waals surface area contributed by atoms with Gasteiger partial charge in [0.2, 0.25) is 0 Å². The maximum atomic E-state index is 12.8. The lowest BCUT2D eigenvalue weighted by molar-refractivity contribution is 0.621. The highest BCUT2D eigenvalue weighted by molar-refractivity contribution is 5.39. The molecule has 0 saturated carbocycles. The summed E-state index contributed by atoms with van der Waals surface area (Å²) >= 11 is 0. The van der Waals surface area contributed by atoms with E-state index >= 15 is 0 Å². The molecule has 0 radical (unpaired) electrons. The van der Waals surface area contributed by atoms with Crippen LogP contribution in [0.15, 0.2) is 67.0 Å². The van der Waals surface area contributed by atoms with Gasteiger partial charge in [0.15, 0.2) is 0 Å². The molecular weight excluding hydrogens is 291 g/mol. The minimum absolute atomic E-state index is 0.342. The lowest BCUT2D eigenvalue weighted by Crippen LogP contribution is -2.04. The average Bonchev–Trinajstić information content (AvgIpc) is 2.61. The predicted octanol–water partition coefficient (Wildman–Crippen LogP) is 3.84. The third-order valence-corrected chi connectivity index (χ3v) is 3.34. The van der Waals surface area contributed by atoms with Crippen molar-refractivity contribution in [3.8, 4) is 0 Å². The monoisotopic (exact) mass is 308 g/mol. The van der Waals surface area contributed by atoms with E-state index in [9.17, 15) is 4.39 Å². The van der Waals surface area contributed by atoms with Crippen molar-refractivity contribution in [3.05, 3.63) is 83.9 Å². The van der Waals surface area contributed by atoms with E-state index in [1.54, 1.807) is 6.07 Å². The Morgan fingerprint density at radius 1 is 0.696 bits per heavy atom. The minimum Gasteiger partial charge on any atom is -0.366 e. The largest absolute Gasteiger partial charge is 0.366 e. The molecule has 0 amide bonds. The summed E-state index contributed by atoms with van der Waals surface area (Å²) in [6.07, 6.45) is 3.00. The fraction of sp³-hybridized carbons (Fsp3) is 0.111. The molecule has 2 heterocycles. The second kappa shape index (κ2) is 7.35. The number of benzene rings is 1. The second-order valence-electron chi connectivity index (χ2n) is 5.11. The van der Waals surface area contributed by atoms with Crippen molar-refractivity contribution in [2.75, 3.05) is 10.6 Å². The molecule has 0 aliphatic heterocycles. The molecule has 0 aliphatic rings. The van der Waals surface area contributed by atoms with E-state index in [-0.39, 0.29) is 5.82 Å². The van der Waals surface area contributed by atoms with Crippen molar-refractivity contribution in [1.29, 1.82) is 0 Å². The van der Waals surface area contributed by atoms with E-state index in [1.165, 1.54) is 17.8 Å². The molecule has 2 N–H and O–H groups in total. The van der Waals surface area contributed by atoms with Crippen LogP contribution in [0, 0.1) is 5.82 Å². The van der Waals surface area contributed by atoms with Gasteiger partial charge in [-0.25, -0.2) is 14.4 Å². The topological polar surface area (TPSA) is 49.8 Å². The first-order valence-electron chi connectivity index (χ1n) is 7.38. The first-order valence-corrected chi connectivity index (χ1v) is 7.38. The molecule has 0 unspecified atom stereocenters. The zero-order chi connectivity index (χ0) is 15.9. The molecule has 0 saturated heterocycles. The second-order valence-corrected chi connectivity index (χ2v) is 5.11. The van der Waals surface area contributed by atoms with Crippen molar-refractivity contribution in [2.45, 2.75) is 13.1 Å². The van der Waals surface area contributed by atoms with Crippen molar-refractivity contribution >= 4 is 11.6 Å². The molecule has 0 bridgehead atoms. The van der Waals surface area contributed by atoms with Crippen molar-refractivity contribution in [1.82, 2.24) is 9.97 Å². The lowest BCUT2D eigenvalue weighted by atomic mass is 10.2. The molecule has 5 heteroatoms. The molecule has 2 aromatic heterocycles. The average molecular weight is 308 g/mol. The summed E-state index contributed by atoms with van der Waals surface area (Å²) in [4.78, 5) is 8.34. The van der Waals surface area contributed by atoms with Gasteiger partial charge in [0.25, 0.3) is 0 Å². The first-order chi connectivity index (χ1) is 11.3. The number of pyridine rings is 2. The van der Waals surface area contributed by atoms with Gasteiger partial charge in [-0.1, -0.05) is 36.4 Å². The normalized spacial score (nSPS) is 10.3. The number of nitrogens with zero attached hydrogens (tertiary/aromatic N) is 2. The van der Waals surface area contributed by atoms with E-state index in [0.29, 0.717) is 12.4 Å². The summed E-state index contributed by atoms with van der Waals surface area (Å²) in [6, 6.07) is 17.1. The van der Waals surface area contributed by atoms with Gasteiger partial charge in [0.05, 0.1) is 6.20 Å². The maximum absolute atomic E-state index is 12.8. The number of nitrogens with one attached hydrogen (secondary N) is 2. The fourth-order valence-electron chi connectivity index (χ4n) is 2.10. The van der Waals surface area contributed by atoms with Crippen LogP contribution in [-0.4, -0.2) is 9.97 Å². The highest BCUT2D eigenvalue weighted by Crippen LogP contribution is 2.10. The van der Waals surface area contributed by atoms with E-state index in [4.69, 9.17) is 0 Å².